The molecule has 1 fully saturated rings. The van der Waals surface area contributed by atoms with Crippen LogP contribution in [-0.2, 0) is 4.74 Å². The van der Waals surface area contributed by atoms with Gasteiger partial charge in [-0.05, 0) is 45.6 Å². The van der Waals surface area contributed by atoms with E-state index in [1.54, 1.807) is 6.07 Å². The van der Waals surface area contributed by atoms with E-state index in [9.17, 15) is 4.79 Å². The average Bonchev–Trinajstić information content (AvgIpc) is 3.04. The van der Waals surface area contributed by atoms with Gasteiger partial charge >= 0.3 is 0 Å². The summed E-state index contributed by atoms with van der Waals surface area (Å²) in [6.45, 7) is 13.1. The number of rotatable bonds is 8. The van der Waals surface area contributed by atoms with Crippen molar-refractivity contribution in [1.29, 1.82) is 0 Å². The fourth-order valence-corrected chi connectivity index (χ4v) is 3.17. The molecule has 2 rings (SSSR count). The van der Waals surface area contributed by atoms with E-state index in [0.717, 1.165) is 45.7 Å². The van der Waals surface area contributed by atoms with Crippen LogP contribution in [0.4, 0.5) is 0 Å². The van der Waals surface area contributed by atoms with E-state index in [1.807, 2.05) is 17.8 Å². The van der Waals surface area contributed by atoms with Crippen molar-refractivity contribution in [2.24, 2.45) is 5.92 Å². The lowest BCUT2D eigenvalue weighted by Gasteiger charge is -2.37. The monoisotopic (exact) mass is 336 g/mol. The molecule has 1 aliphatic rings. The van der Waals surface area contributed by atoms with Crippen LogP contribution in [0.3, 0.4) is 0 Å². The highest BCUT2D eigenvalue weighted by Gasteiger charge is 2.27. The SMILES string of the molecule is CCOCCCN1CCC(NC(=O)c2ccn(C(C)C)n2)C(C)C1. The number of carbonyl (C=O) groups excluding carboxylic acids is 1. The van der Waals surface area contributed by atoms with Crippen LogP contribution in [0, 0.1) is 5.92 Å². The summed E-state index contributed by atoms with van der Waals surface area (Å²) in [4.78, 5) is 14.9. The highest BCUT2D eigenvalue weighted by Crippen LogP contribution is 2.17. The number of likely N-dealkylation sites (tertiary alicyclic amines) is 1. The lowest BCUT2D eigenvalue weighted by molar-refractivity contribution is 0.0838. The molecule has 24 heavy (non-hydrogen) atoms. The molecular weight excluding hydrogens is 304 g/mol. The normalized spacial score (nSPS) is 22.0. The molecule has 0 radical (unpaired) electrons. The summed E-state index contributed by atoms with van der Waals surface area (Å²) in [6.07, 6.45) is 3.93. The Morgan fingerprint density at radius 2 is 2.29 bits per heavy atom. The van der Waals surface area contributed by atoms with E-state index in [0.29, 0.717) is 11.6 Å². The summed E-state index contributed by atoms with van der Waals surface area (Å²) in [5.74, 6) is 0.387. The fraction of sp³-hybridized carbons (Fsp3) is 0.778. The first kappa shape index (κ1) is 18.9. The van der Waals surface area contributed by atoms with Crippen molar-refractivity contribution < 1.29 is 9.53 Å². The summed E-state index contributed by atoms with van der Waals surface area (Å²) in [5, 5.41) is 7.52. The predicted molar refractivity (Wildman–Crippen MR) is 95.2 cm³/mol. The van der Waals surface area contributed by atoms with Gasteiger partial charge in [0.25, 0.3) is 5.91 Å². The van der Waals surface area contributed by atoms with Gasteiger partial charge in [0, 0.05) is 51.1 Å². The van der Waals surface area contributed by atoms with Crippen molar-refractivity contribution in [1.82, 2.24) is 20.0 Å². The molecule has 1 saturated heterocycles. The van der Waals surface area contributed by atoms with Gasteiger partial charge in [0.05, 0.1) is 0 Å². The van der Waals surface area contributed by atoms with Crippen LogP contribution in [-0.4, -0.2) is 59.5 Å². The molecule has 0 spiro atoms. The second-order valence-electron chi connectivity index (χ2n) is 6.97. The van der Waals surface area contributed by atoms with E-state index >= 15 is 0 Å². The maximum absolute atomic E-state index is 12.4. The molecule has 1 N–H and O–H groups in total. The molecule has 1 amide bonds. The number of carbonyl (C=O) groups is 1. The maximum Gasteiger partial charge on any atom is 0.272 e. The van der Waals surface area contributed by atoms with Crippen molar-refractivity contribution >= 4 is 5.91 Å². The number of hydrogen-bond donors (Lipinski definition) is 1. The van der Waals surface area contributed by atoms with Gasteiger partial charge in [-0.2, -0.15) is 5.10 Å². The van der Waals surface area contributed by atoms with Crippen molar-refractivity contribution in [2.45, 2.75) is 52.6 Å². The van der Waals surface area contributed by atoms with Gasteiger partial charge in [-0.25, -0.2) is 0 Å². The number of ether oxygens (including phenoxy) is 1. The number of nitrogens with zero attached hydrogens (tertiary/aromatic N) is 3. The molecular formula is C18H32N4O2. The molecule has 0 aliphatic carbocycles. The van der Waals surface area contributed by atoms with E-state index in [4.69, 9.17) is 4.74 Å². The minimum atomic E-state index is -0.0592. The second kappa shape index (κ2) is 9.18. The predicted octanol–water partition coefficient (Wildman–Crippen LogP) is 2.33. The largest absolute Gasteiger partial charge is 0.382 e. The molecule has 0 saturated carbocycles. The van der Waals surface area contributed by atoms with Gasteiger partial charge < -0.3 is 15.0 Å². The Labute approximate surface area is 145 Å². The zero-order chi connectivity index (χ0) is 17.5. The van der Waals surface area contributed by atoms with Gasteiger partial charge in [0.1, 0.15) is 5.69 Å². The van der Waals surface area contributed by atoms with Crippen LogP contribution in [0.2, 0.25) is 0 Å². The Hall–Kier alpha value is -1.40. The van der Waals surface area contributed by atoms with Gasteiger partial charge in [-0.1, -0.05) is 6.92 Å². The lowest BCUT2D eigenvalue weighted by atomic mass is 9.93. The third kappa shape index (κ3) is 5.31. The average molecular weight is 336 g/mol. The van der Waals surface area contributed by atoms with Gasteiger partial charge in [-0.3, -0.25) is 9.48 Å². The number of amides is 1. The maximum atomic E-state index is 12.4. The Morgan fingerprint density at radius 3 is 2.92 bits per heavy atom. The molecule has 0 bridgehead atoms. The van der Waals surface area contributed by atoms with Gasteiger partial charge in [0.15, 0.2) is 0 Å². The molecule has 0 aromatic carbocycles. The van der Waals surface area contributed by atoms with E-state index in [1.165, 1.54) is 0 Å². The highest BCUT2D eigenvalue weighted by atomic mass is 16.5. The first-order chi connectivity index (χ1) is 11.5. The molecule has 2 unspecified atom stereocenters. The number of nitrogens with one attached hydrogen (secondary N) is 1. The molecule has 1 aliphatic heterocycles. The molecule has 2 atom stereocenters. The molecule has 136 valence electrons. The van der Waals surface area contributed by atoms with Crippen molar-refractivity contribution in [3.05, 3.63) is 18.0 Å². The Kier molecular flexibility index (Phi) is 7.24. The smallest absolute Gasteiger partial charge is 0.272 e. The zero-order valence-electron chi connectivity index (χ0n) is 15.5. The quantitative estimate of drug-likeness (QED) is 0.740. The zero-order valence-corrected chi connectivity index (χ0v) is 15.5. The minimum Gasteiger partial charge on any atom is -0.382 e. The van der Waals surface area contributed by atoms with E-state index in [2.05, 4.69) is 36.1 Å². The van der Waals surface area contributed by atoms with E-state index in [-0.39, 0.29) is 18.0 Å². The molecule has 6 nitrogen and oxygen atoms in total. The molecule has 1 aromatic heterocycles. The third-order valence-corrected chi connectivity index (χ3v) is 4.64. The summed E-state index contributed by atoms with van der Waals surface area (Å²) in [7, 11) is 0. The highest BCUT2D eigenvalue weighted by molar-refractivity contribution is 5.92. The third-order valence-electron chi connectivity index (χ3n) is 4.64. The molecule has 6 heteroatoms. The first-order valence-electron chi connectivity index (χ1n) is 9.17. The summed E-state index contributed by atoms with van der Waals surface area (Å²) in [5.41, 5.74) is 0.509. The summed E-state index contributed by atoms with van der Waals surface area (Å²) < 4.78 is 7.22. The van der Waals surface area contributed by atoms with Gasteiger partial charge in [-0.15, -0.1) is 0 Å². The summed E-state index contributed by atoms with van der Waals surface area (Å²) >= 11 is 0. The van der Waals surface area contributed by atoms with Crippen LogP contribution in [0.1, 0.15) is 57.1 Å². The Morgan fingerprint density at radius 1 is 1.50 bits per heavy atom. The van der Waals surface area contributed by atoms with E-state index < -0.39 is 0 Å². The van der Waals surface area contributed by atoms with Crippen LogP contribution >= 0.6 is 0 Å². The Bertz CT molecular complexity index is 515. The molecule has 2 heterocycles. The Balaban J connectivity index is 1.78. The van der Waals surface area contributed by atoms with Crippen molar-refractivity contribution in [3.8, 4) is 0 Å². The number of aromatic nitrogens is 2. The topological polar surface area (TPSA) is 59.4 Å². The number of piperidine rings is 1. The first-order valence-corrected chi connectivity index (χ1v) is 9.17. The number of hydrogen-bond acceptors (Lipinski definition) is 4. The second-order valence-corrected chi connectivity index (χ2v) is 6.97. The van der Waals surface area contributed by atoms with Crippen LogP contribution in [0.25, 0.3) is 0 Å². The van der Waals surface area contributed by atoms with Crippen LogP contribution in [0.5, 0.6) is 0 Å². The van der Waals surface area contributed by atoms with Crippen molar-refractivity contribution in [2.75, 3.05) is 32.8 Å². The fourth-order valence-electron chi connectivity index (χ4n) is 3.17. The van der Waals surface area contributed by atoms with Crippen molar-refractivity contribution in [3.63, 3.8) is 0 Å². The standard InChI is InChI=1S/C18H32N4O2/c1-5-24-12-6-9-21-10-7-16(15(4)13-21)19-18(23)17-8-11-22(20-17)14(2)3/h8,11,14-16H,5-7,9-10,12-13H2,1-4H3,(H,19,23). The van der Waals surface area contributed by atoms with Gasteiger partial charge in [0.2, 0.25) is 0 Å². The van der Waals surface area contributed by atoms with Crippen LogP contribution < -0.4 is 5.32 Å². The summed E-state index contributed by atoms with van der Waals surface area (Å²) in [6, 6.07) is 2.29. The molecule has 1 aromatic rings. The minimum absolute atomic E-state index is 0.0592. The van der Waals surface area contributed by atoms with Crippen LogP contribution in [0.15, 0.2) is 12.3 Å². The lowest BCUT2D eigenvalue weighted by Crippen LogP contribution is -2.50.